The molecule has 0 bridgehead atoms. The zero-order chi connectivity index (χ0) is 13.1. The number of carbonyl (C=O) groups is 1. The number of aromatic amines is 1. The van der Waals surface area contributed by atoms with Crippen LogP contribution in [0, 0.1) is 6.92 Å². The Labute approximate surface area is 108 Å². The number of hydrogen-bond donors (Lipinski definition) is 2. The fourth-order valence-electron chi connectivity index (χ4n) is 1.36. The van der Waals surface area contributed by atoms with Gasteiger partial charge >= 0.3 is 0 Å². The zero-order valence-electron chi connectivity index (χ0n) is 9.53. The highest BCUT2D eigenvalue weighted by atomic mass is 35.5. The highest BCUT2D eigenvalue weighted by Gasteiger charge is 2.08. The van der Waals surface area contributed by atoms with Crippen molar-refractivity contribution in [2.24, 2.45) is 0 Å². The summed E-state index contributed by atoms with van der Waals surface area (Å²) in [6, 6.07) is 6.29. The van der Waals surface area contributed by atoms with Crippen LogP contribution in [-0.2, 0) is 0 Å². The second-order valence-electron chi connectivity index (χ2n) is 3.71. The third kappa shape index (κ3) is 2.75. The fraction of sp³-hybridized carbons (Fsp3) is 0.0833. The van der Waals surface area contributed by atoms with Crippen molar-refractivity contribution < 1.29 is 4.79 Å². The molecule has 0 aliphatic heterocycles. The van der Waals surface area contributed by atoms with E-state index in [9.17, 15) is 9.59 Å². The van der Waals surface area contributed by atoms with Crippen LogP contribution in [0.1, 0.15) is 16.1 Å². The summed E-state index contributed by atoms with van der Waals surface area (Å²) >= 11 is 5.95. The van der Waals surface area contributed by atoms with Crippen LogP contribution >= 0.6 is 11.6 Å². The van der Waals surface area contributed by atoms with E-state index in [2.05, 4.69) is 15.3 Å². The van der Waals surface area contributed by atoms with Gasteiger partial charge in [0.15, 0.2) is 0 Å². The molecule has 0 saturated carbocycles. The molecule has 1 aromatic heterocycles. The van der Waals surface area contributed by atoms with Crippen LogP contribution in [0.2, 0.25) is 5.02 Å². The third-order valence-electron chi connectivity index (χ3n) is 2.34. The van der Waals surface area contributed by atoms with Crippen molar-refractivity contribution in [3.63, 3.8) is 0 Å². The summed E-state index contributed by atoms with van der Waals surface area (Å²) < 4.78 is 0. The van der Waals surface area contributed by atoms with E-state index in [-0.39, 0.29) is 11.3 Å². The molecular weight excluding hydrogens is 254 g/mol. The lowest BCUT2D eigenvalue weighted by Crippen LogP contribution is -2.17. The van der Waals surface area contributed by atoms with Crippen molar-refractivity contribution in [2.45, 2.75) is 6.92 Å². The van der Waals surface area contributed by atoms with Crippen LogP contribution in [0.25, 0.3) is 0 Å². The quantitative estimate of drug-likeness (QED) is 0.870. The van der Waals surface area contributed by atoms with E-state index >= 15 is 0 Å². The summed E-state index contributed by atoms with van der Waals surface area (Å²) in [5.41, 5.74) is 1.15. The number of anilines is 1. The normalized spacial score (nSPS) is 10.1. The predicted molar refractivity (Wildman–Crippen MR) is 69.0 cm³/mol. The Morgan fingerprint density at radius 2 is 2.17 bits per heavy atom. The molecule has 0 aliphatic carbocycles. The SMILES string of the molecule is Cc1ccc(NC(=O)c2cc(=O)[nH]cn2)cc1Cl. The summed E-state index contributed by atoms with van der Waals surface area (Å²) in [5, 5.41) is 3.18. The molecule has 6 heteroatoms. The first-order valence-corrected chi connectivity index (χ1v) is 5.56. The summed E-state index contributed by atoms with van der Waals surface area (Å²) in [7, 11) is 0. The lowest BCUT2D eigenvalue weighted by molar-refractivity contribution is 0.102. The number of benzene rings is 1. The fourth-order valence-corrected chi connectivity index (χ4v) is 1.54. The number of aromatic nitrogens is 2. The Kier molecular flexibility index (Phi) is 3.43. The lowest BCUT2D eigenvalue weighted by atomic mass is 10.2. The molecule has 92 valence electrons. The number of nitrogens with zero attached hydrogens (tertiary/aromatic N) is 1. The highest BCUT2D eigenvalue weighted by molar-refractivity contribution is 6.31. The first-order chi connectivity index (χ1) is 8.56. The molecule has 0 fully saturated rings. The number of aryl methyl sites for hydroxylation is 1. The van der Waals surface area contributed by atoms with Gasteiger partial charge in [-0.05, 0) is 24.6 Å². The van der Waals surface area contributed by atoms with Crippen molar-refractivity contribution in [3.05, 3.63) is 57.2 Å². The number of amides is 1. The monoisotopic (exact) mass is 263 g/mol. The van der Waals surface area contributed by atoms with Gasteiger partial charge in [-0.2, -0.15) is 0 Å². The largest absolute Gasteiger partial charge is 0.321 e. The van der Waals surface area contributed by atoms with Gasteiger partial charge in [0.25, 0.3) is 11.5 Å². The Bertz CT molecular complexity index is 652. The second-order valence-corrected chi connectivity index (χ2v) is 4.12. The second kappa shape index (κ2) is 5.01. The predicted octanol–water partition coefficient (Wildman–Crippen LogP) is 1.98. The highest BCUT2D eigenvalue weighted by Crippen LogP contribution is 2.20. The molecule has 2 aromatic rings. The van der Waals surface area contributed by atoms with Crippen LogP contribution in [0.5, 0.6) is 0 Å². The van der Waals surface area contributed by atoms with Gasteiger partial charge < -0.3 is 10.3 Å². The van der Waals surface area contributed by atoms with Crippen molar-refractivity contribution >= 4 is 23.2 Å². The molecule has 1 aromatic carbocycles. The van der Waals surface area contributed by atoms with E-state index in [1.54, 1.807) is 18.2 Å². The van der Waals surface area contributed by atoms with E-state index < -0.39 is 5.91 Å². The van der Waals surface area contributed by atoms with Gasteiger partial charge in [-0.15, -0.1) is 0 Å². The molecule has 0 unspecified atom stereocenters. The molecule has 0 saturated heterocycles. The van der Waals surface area contributed by atoms with Gasteiger partial charge in [-0.3, -0.25) is 9.59 Å². The van der Waals surface area contributed by atoms with Crippen LogP contribution in [0.3, 0.4) is 0 Å². The van der Waals surface area contributed by atoms with Crippen LogP contribution in [0.4, 0.5) is 5.69 Å². The molecule has 1 heterocycles. The maximum atomic E-state index is 11.8. The van der Waals surface area contributed by atoms with Gasteiger partial charge in [0, 0.05) is 16.8 Å². The van der Waals surface area contributed by atoms with Crippen LogP contribution in [0.15, 0.2) is 35.4 Å². The number of H-pyrrole nitrogens is 1. The van der Waals surface area contributed by atoms with Gasteiger partial charge in [0.2, 0.25) is 0 Å². The maximum Gasteiger partial charge on any atom is 0.274 e. The molecule has 0 aliphatic rings. The maximum absolute atomic E-state index is 11.8. The van der Waals surface area contributed by atoms with E-state index in [0.29, 0.717) is 10.7 Å². The number of carbonyl (C=O) groups excluding carboxylic acids is 1. The summed E-state index contributed by atoms with van der Waals surface area (Å²) in [6.07, 6.45) is 1.18. The summed E-state index contributed by atoms with van der Waals surface area (Å²) in [5.74, 6) is -0.457. The zero-order valence-corrected chi connectivity index (χ0v) is 10.3. The van der Waals surface area contributed by atoms with Crippen molar-refractivity contribution in [3.8, 4) is 0 Å². The van der Waals surface area contributed by atoms with E-state index in [1.165, 1.54) is 6.33 Å². The summed E-state index contributed by atoms with van der Waals surface area (Å²) in [6.45, 7) is 1.87. The minimum atomic E-state index is -0.457. The topological polar surface area (TPSA) is 74.8 Å². The smallest absolute Gasteiger partial charge is 0.274 e. The number of nitrogens with one attached hydrogen (secondary N) is 2. The third-order valence-corrected chi connectivity index (χ3v) is 2.75. The first kappa shape index (κ1) is 12.3. The molecule has 0 radical (unpaired) electrons. The van der Waals surface area contributed by atoms with E-state index in [1.807, 2.05) is 6.92 Å². The lowest BCUT2D eigenvalue weighted by Gasteiger charge is -2.05. The molecule has 1 amide bonds. The average Bonchev–Trinajstić information content (AvgIpc) is 2.34. The molecule has 0 atom stereocenters. The molecule has 2 rings (SSSR count). The van der Waals surface area contributed by atoms with Crippen molar-refractivity contribution in [2.75, 3.05) is 5.32 Å². The average molecular weight is 264 g/mol. The standard InChI is InChI=1S/C12H10ClN3O2/c1-7-2-3-8(4-9(7)13)16-12(18)10-5-11(17)15-6-14-10/h2-6H,1H3,(H,16,18)(H,14,15,17). The summed E-state index contributed by atoms with van der Waals surface area (Å²) in [4.78, 5) is 29.0. The Morgan fingerprint density at radius 3 is 2.83 bits per heavy atom. The van der Waals surface area contributed by atoms with E-state index in [0.717, 1.165) is 11.6 Å². The minimum absolute atomic E-state index is 0.0513. The number of halogens is 1. The van der Waals surface area contributed by atoms with E-state index in [4.69, 9.17) is 11.6 Å². The van der Waals surface area contributed by atoms with Gasteiger partial charge in [0.1, 0.15) is 5.69 Å². The van der Waals surface area contributed by atoms with Crippen molar-refractivity contribution in [1.82, 2.24) is 9.97 Å². The Hall–Kier alpha value is -2.14. The molecule has 2 N–H and O–H groups in total. The van der Waals surface area contributed by atoms with Crippen molar-refractivity contribution in [1.29, 1.82) is 0 Å². The Morgan fingerprint density at radius 1 is 1.39 bits per heavy atom. The molecule has 18 heavy (non-hydrogen) atoms. The van der Waals surface area contributed by atoms with Crippen LogP contribution < -0.4 is 10.9 Å². The van der Waals surface area contributed by atoms with Crippen LogP contribution in [-0.4, -0.2) is 15.9 Å². The van der Waals surface area contributed by atoms with Gasteiger partial charge in [-0.25, -0.2) is 4.98 Å². The molecular formula is C12H10ClN3O2. The number of hydrogen-bond acceptors (Lipinski definition) is 3. The Balaban J connectivity index is 2.21. The minimum Gasteiger partial charge on any atom is -0.321 e. The van der Waals surface area contributed by atoms with Gasteiger partial charge in [-0.1, -0.05) is 17.7 Å². The molecule has 0 spiro atoms. The molecule has 5 nitrogen and oxygen atoms in total. The van der Waals surface area contributed by atoms with Gasteiger partial charge in [0.05, 0.1) is 6.33 Å². The first-order valence-electron chi connectivity index (χ1n) is 5.18. The number of rotatable bonds is 2.